The molecule has 0 aromatic heterocycles. The minimum atomic E-state index is -0.429. The molecule has 0 saturated carbocycles. The summed E-state index contributed by atoms with van der Waals surface area (Å²) in [5, 5.41) is 2.81. The number of amides is 1. The molecule has 0 saturated heterocycles. The van der Waals surface area contributed by atoms with Crippen molar-refractivity contribution in [3.8, 4) is 0 Å². The van der Waals surface area contributed by atoms with Crippen molar-refractivity contribution in [2.45, 2.75) is 19.4 Å². The van der Waals surface area contributed by atoms with E-state index >= 15 is 0 Å². The minimum Gasteiger partial charge on any atom is -0.352 e. The highest BCUT2D eigenvalue weighted by atomic mass is 19.1. The first kappa shape index (κ1) is 18.5. The summed E-state index contributed by atoms with van der Waals surface area (Å²) in [4.78, 5) is 25.1. The molecule has 136 valence electrons. The predicted octanol–water partition coefficient (Wildman–Crippen LogP) is 4.48. The maximum atomic E-state index is 13.2. The first-order chi connectivity index (χ1) is 13.0. The standard InChI is InChI=1S/C23H20FNO2/c1-16(23(27)25-15-17-7-5-12-21(24)13-17)19-10-6-11-20(14-19)22(26)18-8-3-2-4-9-18/h2-14,16H,15H2,1H3,(H,25,27)/t16-/m0/s1. The maximum absolute atomic E-state index is 13.2. The Morgan fingerprint density at radius 2 is 1.59 bits per heavy atom. The number of nitrogens with one attached hydrogen (secondary N) is 1. The van der Waals surface area contributed by atoms with Crippen LogP contribution >= 0.6 is 0 Å². The molecule has 3 aromatic rings. The maximum Gasteiger partial charge on any atom is 0.227 e. The van der Waals surface area contributed by atoms with Crippen LogP contribution in [0.15, 0.2) is 78.9 Å². The molecule has 3 nitrogen and oxygen atoms in total. The molecule has 3 rings (SSSR count). The number of ketones is 1. The van der Waals surface area contributed by atoms with Crippen molar-refractivity contribution in [2.75, 3.05) is 0 Å². The lowest BCUT2D eigenvalue weighted by molar-refractivity contribution is -0.122. The molecular formula is C23H20FNO2. The van der Waals surface area contributed by atoms with Crippen molar-refractivity contribution in [1.82, 2.24) is 5.32 Å². The van der Waals surface area contributed by atoms with Crippen molar-refractivity contribution >= 4 is 11.7 Å². The molecule has 0 heterocycles. The Morgan fingerprint density at radius 3 is 2.33 bits per heavy atom. The molecule has 0 unspecified atom stereocenters. The van der Waals surface area contributed by atoms with E-state index in [-0.39, 0.29) is 24.1 Å². The lowest BCUT2D eigenvalue weighted by Crippen LogP contribution is -2.27. The van der Waals surface area contributed by atoms with Gasteiger partial charge in [-0.1, -0.05) is 60.7 Å². The second-order valence-corrected chi connectivity index (χ2v) is 6.39. The van der Waals surface area contributed by atoms with Crippen LogP contribution in [0.2, 0.25) is 0 Å². The molecule has 4 heteroatoms. The van der Waals surface area contributed by atoms with Gasteiger partial charge in [0, 0.05) is 17.7 Å². The summed E-state index contributed by atoms with van der Waals surface area (Å²) in [5.41, 5.74) is 2.61. The molecule has 1 amide bonds. The van der Waals surface area contributed by atoms with Crippen molar-refractivity contribution in [2.24, 2.45) is 0 Å². The zero-order valence-corrected chi connectivity index (χ0v) is 15.0. The molecule has 0 spiro atoms. The number of rotatable bonds is 6. The Morgan fingerprint density at radius 1 is 0.889 bits per heavy atom. The van der Waals surface area contributed by atoms with Crippen molar-refractivity contribution in [3.63, 3.8) is 0 Å². The normalized spacial score (nSPS) is 11.6. The van der Waals surface area contributed by atoms with Crippen LogP contribution in [0.5, 0.6) is 0 Å². The van der Waals surface area contributed by atoms with Crippen LogP contribution in [0.25, 0.3) is 0 Å². The molecule has 0 aliphatic rings. The summed E-state index contributed by atoms with van der Waals surface area (Å²) in [6, 6.07) is 22.3. The van der Waals surface area contributed by atoms with Gasteiger partial charge < -0.3 is 5.32 Å². The third-order valence-corrected chi connectivity index (χ3v) is 4.43. The van der Waals surface area contributed by atoms with Gasteiger partial charge in [-0.25, -0.2) is 4.39 Å². The van der Waals surface area contributed by atoms with Gasteiger partial charge in [0.2, 0.25) is 5.91 Å². The highest BCUT2D eigenvalue weighted by molar-refractivity contribution is 6.09. The van der Waals surface area contributed by atoms with E-state index in [1.165, 1.54) is 12.1 Å². The van der Waals surface area contributed by atoms with Gasteiger partial charge in [0.1, 0.15) is 5.82 Å². The highest BCUT2D eigenvalue weighted by Gasteiger charge is 2.17. The van der Waals surface area contributed by atoms with Crippen LogP contribution in [-0.2, 0) is 11.3 Å². The van der Waals surface area contributed by atoms with Gasteiger partial charge in [-0.15, -0.1) is 0 Å². The van der Waals surface area contributed by atoms with Gasteiger partial charge >= 0.3 is 0 Å². The molecule has 0 radical (unpaired) electrons. The van der Waals surface area contributed by atoms with E-state index in [2.05, 4.69) is 5.32 Å². The van der Waals surface area contributed by atoms with Gasteiger partial charge in [0.25, 0.3) is 0 Å². The molecule has 1 N–H and O–H groups in total. The fourth-order valence-electron chi connectivity index (χ4n) is 2.85. The van der Waals surface area contributed by atoms with Gasteiger partial charge in [0.15, 0.2) is 5.78 Å². The van der Waals surface area contributed by atoms with E-state index in [1.54, 1.807) is 49.4 Å². The molecule has 0 aliphatic carbocycles. The van der Waals surface area contributed by atoms with E-state index in [4.69, 9.17) is 0 Å². The van der Waals surface area contributed by atoms with E-state index in [1.807, 2.05) is 24.3 Å². The molecular weight excluding hydrogens is 341 g/mol. The molecule has 0 fully saturated rings. The second-order valence-electron chi connectivity index (χ2n) is 6.39. The molecule has 3 aromatic carbocycles. The average Bonchev–Trinajstić information content (AvgIpc) is 2.71. The van der Waals surface area contributed by atoms with Crippen LogP contribution in [0.4, 0.5) is 4.39 Å². The summed E-state index contributed by atoms with van der Waals surface area (Å²) >= 11 is 0. The lowest BCUT2D eigenvalue weighted by atomic mass is 9.95. The first-order valence-electron chi connectivity index (χ1n) is 8.76. The Kier molecular flexibility index (Phi) is 5.77. The van der Waals surface area contributed by atoms with Crippen LogP contribution in [0, 0.1) is 5.82 Å². The highest BCUT2D eigenvalue weighted by Crippen LogP contribution is 2.19. The number of hydrogen-bond donors (Lipinski definition) is 1. The predicted molar refractivity (Wildman–Crippen MR) is 103 cm³/mol. The smallest absolute Gasteiger partial charge is 0.227 e. The van der Waals surface area contributed by atoms with E-state index in [0.717, 1.165) is 5.56 Å². The molecule has 0 aliphatic heterocycles. The third-order valence-electron chi connectivity index (χ3n) is 4.43. The zero-order chi connectivity index (χ0) is 19.2. The van der Waals surface area contributed by atoms with Crippen LogP contribution in [-0.4, -0.2) is 11.7 Å². The minimum absolute atomic E-state index is 0.0789. The SMILES string of the molecule is C[C@H](C(=O)NCc1cccc(F)c1)c1cccc(C(=O)c2ccccc2)c1. The van der Waals surface area contributed by atoms with Crippen molar-refractivity contribution in [1.29, 1.82) is 0 Å². The number of halogens is 1. The van der Waals surface area contributed by atoms with E-state index < -0.39 is 5.92 Å². The Bertz CT molecular complexity index is 953. The first-order valence-corrected chi connectivity index (χ1v) is 8.76. The summed E-state index contributed by atoms with van der Waals surface area (Å²) in [6.45, 7) is 2.04. The van der Waals surface area contributed by atoms with Crippen LogP contribution < -0.4 is 5.32 Å². The van der Waals surface area contributed by atoms with E-state index in [9.17, 15) is 14.0 Å². The second kappa shape index (κ2) is 8.41. The Labute approximate surface area is 157 Å². The molecule has 27 heavy (non-hydrogen) atoms. The summed E-state index contributed by atoms with van der Waals surface area (Å²) in [6.07, 6.45) is 0. The fourth-order valence-corrected chi connectivity index (χ4v) is 2.85. The van der Waals surface area contributed by atoms with E-state index in [0.29, 0.717) is 16.7 Å². The number of benzene rings is 3. The Balaban J connectivity index is 1.70. The molecule has 0 bridgehead atoms. The van der Waals surface area contributed by atoms with Gasteiger partial charge in [-0.3, -0.25) is 9.59 Å². The van der Waals surface area contributed by atoms with Gasteiger partial charge in [0.05, 0.1) is 5.92 Å². The monoisotopic (exact) mass is 361 g/mol. The number of carbonyl (C=O) groups excluding carboxylic acids is 2. The summed E-state index contributed by atoms with van der Waals surface area (Å²) in [7, 11) is 0. The van der Waals surface area contributed by atoms with Crippen LogP contribution in [0.1, 0.15) is 39.9 Å². The summed E-state index contributed by atoms with van der Waals surface area (Å²) < 4.78 is 13.2. The molecule has 1 atom stereocenters. The fraction of sp³-hybridized carbons (Fsp3) is 0.130. The zero-order valence-electron chi connectivity index (χ0n) is 15.0. The topological polar surface area (TPSA) is 46.2 Å². The van der Waals surface area contributed by atoms with Crippen LogP contribution in [0.3, 0.4) is 0 Å². The van der Waals surface area contributed by atoms with Gasteiger partial charge in [-0.2, -0.15) is 0 Å². The Hall–Kier alpha value is -3.27. The third kappa shape index (κ3) is 4.67. The average molecular weight is 361 g/mol. The van der Waals surface area contributed by atoms with Gasteiger partial charge in [-0.05, 0) is 36.2 Å². The van der Waals surface area contributed by atoms with Crippen molar-refractivity contribution < 1.29 is 14.0 Å². The van der Waals surface area contributed by atoms with Crippen molar-refractivity contribution in [3.05, 3.63) is 107 Å². The largest absolute Gasteiger partial charge is 0.352 e. The number of hydrogen-bond acceptors (Lipinski definition) is 2. The number of carbonyl (C=O) groups is 2. The summed E-state index contributed by atoms with van der Waals surface area (Å²) in [5.74, 6) is -1.02. The lowest BCUT2D eigenvalue weighted by Gasteiger charge is -2.14. The quantitative estimate of drug-likeness (QED) is 0.658.